The first-order chi connectivity index (χ1) is 9.15. The van der Waals surface area contributed by atoms with E-state index in [1.807, 2.05) is 6.07 Å². The third kappa shape index (κ3) is 4.35. The number of rotatable bonds is 5. The van der Waals surface area contributed by atoms with Crippen molar-refractivity contribution in [2.75, 3.05) is 25.5 Å². The topological polar surface area (TPSA) is 24.5 Å². The van der Waals surface area contributed by atoms with Crippen LogP contribution < -0.4 is 10.1 Å². The van der Waals surface area contributed by atoms with Crippen molar-refractivity contribution < 1.29 is 13.5 Å². The molecule has 0 radical (unpaired) electrons. The van der Waals surface area contributed by atoms with E-state index in [2.05, 4.69) is 22.0 Å². The van der Waals surface area contributed by atoms with Gasteiger partial charge in [0.1, 0.15) is 5.75 Å². The van der Waals surface area contributed by atoms with Crippen LogP contribution in [0.5, 0.6) is 5.75 Å². The van der Waals surface area contributed by atoms with Gasteiger partial charge in [0, 0.05) is 24.3 Å². The number of alkyl halides is 2. The lowest BCUT2D eigenvalue weighted by molar-refractivity contribution is -0.0498. The van der Waals surface area contributed by atoms with E-state index in [1.165, 1.54) is 25.3 Å². The second-order valence-corrected chi connectivity index (χ2v) is 4.92. The summed E-state index contributed by atoms with van der Waals surface area (Å²) in [6.45, 7) is -0.824. The predicted molar refractivity (Wildman–Crippen MR) is 71.8 cm³/mol. The highest BCUT2D eigenvalue weighted by Crippen LogP contribution is 2.20. The molecule has 1 N–H and O–H groups in total. The molecule has 1 aliphatic rings. The summed E-state index contributed by atoms with van der Waals surface area (Å²) in [6.07, 6.45) is 3.69. The van der Waals surface area contributed by atoms with Crippen LogP contribution in [0.1, 0.15) is 19.3 Å². The van der Waals surface area contributed by atoms with Gasteiger partial charge in [-0.25, -0.2) is 0 Å². The van der Waals surface area contributed by atoms with Crippen molar-refractivity contribution in [2.45, 2.75) is 31.9 Å². The van der Waals surface area contributed by atoms with Crippen LogP contribution >= 0.6 is 0 Å². The molecule has 0 amide bonds. The van der Waals surface area contributed by atoms with Crippen molar-refractivity contribution in [3.05, 3.63) is 24.3 Å². The molecule has 3 nitrogen and oxygen atoms in total. The molecule has 1 aliphatic heterocycles. The number of benzene rings is 1. The number of likely N-dealkylation sites (N-methyl/N-ethyl adjacent to an activating group) is 1. The molecule has 2 rings (SSSR count). The number of likely N-dealkylation sites (tertiary alicyclic amines) is 1. The number of piperidine rings is 1. The monoisotopic (exact) mass is 270 g/mol. The summed E-state index contributed by atoms with van der Waals surface area (Å²) in [5.74, 6) is 0.192. The number of nitrogens with one attached hydrogen (secondary N) is 1. The van der Waals surface area contributed by atoms with Gasteiger partial charge >= 0.3 is 6.61 Å². The molecule has 106 valence electrons. The molecule has 0 spiro atoms. The Labute approximate surface area is 112 Å². The lowest BCUT2D eigenvalue weighted by atomic mass is 10.0. The molecule has 1 fully saturated rings. The fourth-order valence-electron chi connectivity index (χ4n) is 2.42. The molecule has 1 atom stereocenters. The highest BCUT2D eigenvalue weighted by molar-refractivity contribution is 5.48. The molecule has 0 bridgehead atoms. The van der Waals surface area contributed by atoms with Crippen LogP contribution in [0.25, 0.3) is 0 Å². The summed E-state index contributed by atoms with van der Waals surface area (Å²) in [4.78, 5) is 2.34. The number of nitrogens with zero attached hydrogens (tertiary/aromatic N) is 1. The Hall–Kier alpha value is -1.36. The highest BCUT2D eigenvalue weighted by atomic mass is 19.3. The van der Waals surface area contributed by atoms with Gasteiger partial charge in [-0.05, 0) is 38.6 Å². The Morgan fingerprint density at radius 3 is 3.00 bits per heavy atom. The Morgan fingerprint density at radius 2 is 2.26 bits per heavy atom. The molecule has 1 saturated heterocycles. The number of hydrogen-bond acceptors (Lipinski definition) is 3. The second kappa shape index (κ2) is 6.70. The van der Waals surface area contributed by atoms with Crippen LogP contribution in [0, 0.1) is 0 Å². The minimum atomic E-state index is -2.78. The summed E-state index contributed by atoms with van der Waals surface area (Å²) in [6, 6.07) is 7.22. The largest absolute Gasteiger partial charge is 0.435 e. The van der Waals surface area contributed by atoms with Crippen molar-refractivity contribution in [1.82, 2.24) is 4.90 Å². The van der Waals surface area contributed by atoms with E-state index in [9.17, 15) is 8.78 Å². The standard InChI is InChI=1S/C14H20F2N2O/c1-18-8-3-2-6-12(18)10-17-11-5-4-7-13(9-11)19-14(15)16/h4-5,7,9,12,14,17H,2-3,6,8,10H2,1H3. The van der Waals surface area contributed by atoms with Crippen LogP contribution in [-0.2, 0) is 0 Å². The van der Waals surface area contributed by atoms with E-state index in [4.69, 9.17) is 0 Å². The summed E-state index contributed by atoms with van der Waals surface area (Å²) in [7, 11) is 2.13. The molecule has 1 unspecified atom stereocenters. The molecule has 0 aliphatic carbocycles. The number of ether oxygens (including phenoxy) is 1. The van der Waals surface area contributed by atoms with Crippen LogP contribution in [0.2, 0.25) is 0 Å². The zero-order chi connectivity index (χ0) is 13.7. The van der Waals surface area contributed by atoms with Gasteiger partial charge in [-0.3, -0.25) is 0 Å². The first kappa shape index (κ1) is 14.1. The summed E-state index contributed by atoms with van der Waals surface area (Å²) < 4.78 is 28.6. The molecule has 1 aromatic carbocycles. The van der Waals surface area contributed by atoms with E-state index in [0.29, 0.717) is 6.04 Å². The summed E-state index contributed by atoms with van der Waals surface area (Å²) in [5.41, 5.74) is 0.817. The van der Waals surface area contributed by atoms with E-state index in [1.54, 1.807) is 12.1 Å². The molecule has 1 aromatic rings. The number of hydrogen-bond donors (Lipinski definition) is 1. The van der Waals surface area contributed by atoms with Gasteiger partial charge in [0.25, 0.3) is 0 Å². The van der Waals surface area contributed by atoms with Crippen LogP contribution in [0.3, 0.4) is 0 Å². The van der Waals surface area contributed by atoms with E-state index in [0.717, 1.165) is 18.8 Å². The van der Waals surface area contributed by atoms with Crippen molar-refractivity contribution in [3.63, 3.8) is 0 Å². The third-order valence-electron chi connectivity index (χ3n) is 3.52. The zero-order valence-corrected chi connectivity index (χ0v) is 11.1. The molecule has 0 saturated carbocycles. The first-order valence-electron chi connectivity index (χ1n) is 6.64. The van der Waals surface area contributed by atoms with Crippen LogP contribution in [0.15, 0.2) is 24.3 Å². The van der Waals surface area contributed by atoms with Crippen molar-refractivity contribution in [1.29, 1.82) is 0 Å². The van der Waals surface area contributed by atoms with E-state index in [-0.39, 0.29) is 5.75 Å². The van der Waals surface area contributed by atoms with E-state index < -0.39 is 6.61 Å². The van der Waals surface area contributed by atoms with Crippen LogP contribution in [0.4, 0.5) is 14.5 Å². The molecule has 1 heterocycles. The smallest absolute Gasteiger partial charge is 0.387 e. The van der Waals surface area contributed by atoms with Crippen LogP contribution in [-0.4, -0.2) is 37.7 Å². The fraction of sp³-hybridized carbons (Fsp3) is 0.571. The second-order valence-electron chi connectivity index (χ2n) is 4.92. The van der Waals surface area contributed by atoms with E-state index >= 15 is 0 Å². The lowest BCUT2D eigenvalue weighted by Gasteiger charge is -2.32. The fourth-order valence-corrected chi connectivity index (χ4v) is 2.42. The maximum Gasteiger partial charge on any atom is 0.387 e. The van der Waals surface area contributed by atoms with Gasteiger partial charge in [0.15, 0.2) is 0 Å². The molecular weight excluding hydrogens is 250 g/mol. The summed E-state index contributed by atoms with van der Waals surface area (Å²) in [5, 5.41) is 3.29. The average Bonchev–Trinajstić information content (AvgIpc) is 2.37. The maximum atomic E-state index is 12.1. The molecule has 19 heavy (non-hydrogen) atoms. The van der Waals surface area contributed by atoms with Gasteiger partial charge < -0.3 is 15.0 Å². The van der Waals surface area contributed by atoms with Gasteiger partial charge in [0.2, 0.25) is 0 Å². The Bertz CT molecular complexity index is 401. The SMILES string of the molecule is CN1CCCCC1CNc1cccc(OC(F)F)c1. The predicted octanol–water partition coefficient (Wildman–Crippen LogP) is 3.18. The quantitative estimate of drug-likeness (QED) is 0.889. The maximum absolute atomic E-state index is 12.1. The molecular formula is C14H20F2N2O. The molecule has 5 heteroatoms. The van der Waals surface area contributed by atoms with Gasteiger partial charge in [-0.15, -0.1) is 0 Å². The zero-order valence-electron chi connectivity index (χ0n) is 11.1. The highest BCUT2D eigenvalue weighted by Gasteiger charge is 2.18. The van der Waals surface area contributed by atoms with Gasteiger partial charge in [-0.2, -0.15) is 8.78 Å². The summed E-state index contributed by atoms with van der Waals surface area (Å²) >= 11 is 0. The Kier molecular flexibility index (Phi) is 4.96. The minimum Gasteiger partial charge on any atom is -0.435 e. The van der Waals surface area contributed by atoms with Crippen molar-refractivity contribution in [2.24, 2.45) is 0 Å². The Morgan fingerprint density at radius 1 is 1.42 bits per heavy atom. The normalized spacial score (nSPS) is 20.5. The number of anilines is 1. The van der Waals surface area contributed by atoms with Gasteiger partial charge in [-0.1, -0.05) is 12.5 Å². The third-order valence-corrected chi connectivity index (χ3v) is 3.52. The average molecular weight is 270 g/mol. The number of halogens is 2. The van der Waals surface area contributed by atoms with Crippen molar-refractivity contribution >= 4 is 5.69 Å². The van der Waals surface area contributed by atoms with Gasteiger partial charge in [0.05, 0.1) is 0 Å². The Balaban J connectivity index is 1.88. The lowest BCUT2D eigenvalue weighted by Crippen LogP contribution is -2.40. The minimum absolute atomic E-state index is 0.192. The first-order valence-corrected chi connectivity index (χ1v) is 6.64. The molecule has 0 aromatic heterocycles. The van der Waals surface area contributed by atoms with Crippen molar-refractivity contribution in [3.8, 4) is 5.75 Å².